The molecule has 0 unspecified atom stereocenters. The Balaban J connectivity index is 2.88. The second-order valence-corrected chi connectivity index (χ2v) is 5.03. The van der Waals surface area contributed by atoms with Crippen LogP contribution in [0.15, 0.2) is 18.2 Å². The van der Waals surface area contributed by atoms with Crippen molar-refractivity contribution < 1.29 is 9.13 Å². The second-order valence-electron chi connectivity index (χ2n) is 5.03. The first-order valence-corrected chi connectivity index (χ1v) is 7.37. The predicted molar refractivity (Wildman–Crippen MR) is 80.9 cm³/mol. The van der Waals surface area contributed by atoms with Crippen LogP contribution in [-0.4, -0.2) is 31.2 Å². The highest BCUT2D eigenvalue weighted by atomic mass is 19.1. The average molecular weight is 282 g/mol. The summed E-state index contributed by atoms with van der Waals surface area (Å²) in [6.07, 6.45) is 2.11. The van der Waals surface area contributed by atoms with Gasteiger partial charge >= 0.3 is 0 Å². The molecular formula is C16H27FN2O. The van der Waals surface area contributed by atoms with E-state index in [1.165, 1.54) is 0 Å². The number of nitrogens with zero attached hydrogens (tertiary/aromatic N) is 1. The molecule has 114 valence electrons. The maximum atomic E-state index is 14.3. The third-order valence-electron chi connectivity index (χ3n) is 3.79. The van der Waals surface area contributed by atoms with E-state index >= 15 is 0 Å². The average Bonchev–Trinajstić information content (AvgIpc) is 2.47. The van der Waals surface area contributed by atoms with Crippen molar-refractivity contribution in [3.8, 4) is 0 Å². The zero-order valence-corrected chi connectivity index (χ0v) is 12.9. The molecule has 20 heavy (non-hydrogen) atoms. The van der Waals surface area contributed by atoms with Gasteiger partial charge in [0, 0.05) is 43.9 Å². The van der Waals surface area contributed by atoms with E-state index in [1.54, 1.807) is 13.2 Å². The number of hydrogen-bond donors (Lipinski definition) is 1. The molecule has 3 nitrogen and oxygen atoms in total. The van der Waals surface area contributed by atoms with Crippen molar-refractivity contribution in [2.75, 3.05) is 20.3 Å². The monoisotopic (exact) mass is 282 g/mol. The maximum absolute atomic E-state index is 14.3. The van der Waals surface area contributed by atoms with Crippen LogP contribution in [0, 0.1) is 5.82 Å². The lowest BCUT2D eigenvalue weighted by Gasteiger charge is -2.30. The highest BCUT2D eigenvalue weighted by Gasteiger charge is 2.17. The van der Waals surface area contributed by atoms with Gasteiger partial charge in [-0.05, 0) is 12.8 Å². The Morgan fingerprint density at radius 1 is 1.25 bits per heavy atom. The van der Waals surface area contributed by atoms with Crippen molar-refractivity contribution in [3.63, 3.8) is 0 Å². The fraction of sp³-hybridized carbons (Fsp3) is 0.625. The van der Waals surface area contributed by atoms with E-state index in [-0.39, 0.29) is 12.4 Å². The number of nitrogens with two attached hydrogens (primary N) is 1. The molecule has 2 N–H and O–H groups in total. The van der Waals surface area contributed by atoms with Crippen molar-refractivity contribution in [3.05, 3.63) is 35.1 Å². The quantitative estimate of drug-likeness (QED) is 0.757. The summed E-state index contributed by atoms with van der Waals surface area (Å²) in [5, 5.41) is 0. The topological polar surface area (TPSA) is 38.5 Å². The largest absolute Gasteiger partial charge is 0.383 e. The van der Waals surface area contributed by atoms with Crippen LogP contribution in [0.5, 0.6) is 0 Å². The molecular weight excluding hydrogens is 255 g/mol. The molecule has 0 aliphatic heterocycles. The Labute approximate surface area is 121 Å². The molecule has 0 aliphatic rings. The van der Waals surface area contributed by atoms with Crippen LogP contribution in [0.25, 0.3) is 0 Å². The van der Waals surface area contributed by atoms with Crippen LogP contribution in [-0.2, 0) is 17.8 Å². The first kappa shape index (κ1) is 17.1. The molecule has 1 rings (SSSR count). The molecule has 0 heterocycles. The minimum Gasteiger partial charge on any atom is -0.383 e. The van der Waals surface area contributed by atoms with Gasteiger partial charge in [-0.1, -0.05) is 32.0 Å². The van der Waals surface area contributed by atoms with E-state index < -0.39 is 0 Å². The van der Waals surface area contributed by atoms with Gasteiger partial charge in [0.1, 0.15) is 5.82 Å². The molecule has 0 fully saturated rings. The van der Waals surface area contributed by atoms with E-state index in [0.29, 0.717) is 24.8 Å². The zero-order valence-electron chi connectivity index (χ0n) is 12.9. The standard InChI is InChI=1S/C16H27FN2O/c1-4-15(5-2)19(9-10-20-3)12-14-8-6-7-13(11-18)16(14)17/h6-8,15H,4-5,9-12,18H2,1-3H3. The molecule has 0 saturated heterocycles. The minimum atomic E-state index is -0.164. The van der Waals surface area contributed by atoms with E-state index in [1.807, 2.05) is 12.1 Å². The van der Waals surface area contributed by atoms with Crippen LogP contribution in [0.4, 0.5) is 4.39 Å². The fourth-order valence-corrected chi connectivity index (χ4v) is 2.54. The van der Waals surface area contributed by atoms with Crippen molar-refractivity contribution >= 4 is 0 Å². The van der Waals surface area contributed by atoms with Crippen molar-refractivity contribution in [1.82, 2.24) is 4.90 Å². The van der Waals surface area contributed by atoms with E-state index in [0.717, 1.165) is 24.9 Å². The molecule has 0 bridgehead atoms. The van der Waals surface area contributed by atoms with Crippen LogP contribution in [0.2, 0.25) is 0 Å². The summed E-state index contributed by atoms with van der Waals surface area (Å²) in [6, 6.07) is 5.92. The van der Waals surface area contributed by atoms with Crippen LogP contribution >= 0.6 is 0 Å². The summed E-state index contributed by atoms with van der Waals surface area (Å²) in [4.78, 5) is 2.29. The molecule has 0 saturated carbocycles. The van der Waals surface area contributed by atoms with Gasteiger partial charge in [-0.2, -0.15) is 0 Å². The number of rotatable bonds is 9. The summed E-state index contributed by atoms with van der Waals surface area (Å²) in [5.74, 6) is -0.164. The Bertz CT molecular complexity index is 394. The smallest absolute Gasteiger partial charge is 0.132 e. The number of hydrogen-bond acceptors (Lipinski definition) is 3. The first-order valence-electron chi connectivity index (χ1n) is 7.37. The fourth-order valence-electron chi connectivity index (χ4n) is 2.54. The van der Waals surface area contributed by atoms with Gasteiger partial charge in [0.05, 0.1) is 6.61 Å². The van der Waals surface area contributed by atoms with Gasteiger partial charge in [0.15, 0.2) is 0 Å². The lowest BCUT2D eigenvalue weighted by Crippen LogP contribution is -2.36. The highest BCUT2D eigenvalue weighted by Crippen LogP contribution is 2.18. The number of ether oxygens (including phenoxy) is 1. The Morgan fingerprint density at radius 2 is 1.90 bits per heavy atom. The Morgan fingerprint density at radius 3 is 2.45 bits per heavy atom. The normalized spacial score (nSPS) is 11.6. The molecule has 0 aliphatic carbocycles. The summed E-state index contributed by atoms with van der Waals surface area (Å²) in [6.45, 7) is 6.66. The summed E-state index contributed by atoms with van der Waals surface area (Å²) in [5.41, 5.74) is 6.87. The molecule has 0 atom stereocenters. The summed E-state index contributed by atoms with van der Waals surface area (Å²) >= 11 is 0. The van der Waals surface area contributed by atoms with Crippen molar-refractivity contribution in [2.45, 2.75) is 45.8 Å². The zero-order chi connectivity index (χ0) is 15.0. The molecule has 0 aromatic heterocycles. The first-order chi connectivity index (χ1) is 9.67. The van der Waals surface area contributed by atoms with E-state index in [4.69, 9.17) is 10.5 Å². The number of halogens is 1. The Kier molecular flexibility index (Phi) is 7.73. The van der Waals surface area contributed by atoms with Crippen molar-refractivity contribution in [1.29, 1.82) is 0 Å². The molecule has 0 spiro atoms. The molecule has 1 aromatic carbocycles. The second kappa shape index (κ2) is 9.06. The van der Waals surface area contributed by atoms with Gasteiger partial charge in [0.2, 0.25) is 0 Å². The van der Waals surface area contributed by atoms with Gasteiger partial charge in [-0.25, -0.2) is 4.39 Å². The third kappa shape index (κ3) is 4.54. The lowest BCUT2D eigenvalue weighted by molar-refractivity contribution is 0.109. The minimum absolute atomic E-state index is 0.164. The van der Waals surface area contributed by atoms with E-state index in [9.17, 15) is 4.39 Å². The molecule has 0 radical (unpaired) electrons. The maximum Gasteiger partial charge on any atom is 0.132 e. The van der Waals surface area contributed by atoms with E-state index in [2.05, 4.69) is 18.7 Å². The highest BCUT2D eigenvalue weighted by molar-refractivity contribution is 5.26. The molecule has 0 amide bonds. The SMILES string of the molecule is CCC(CC)N(CCOC)Cc1cccc(CN)c1F. The van der Waals surface area contributed by atoms with Crippen LogP contribution in [0.1, 0.15) is 37.8 Å². The Hall–Kier alpha value is -0.970. The van der Waals surface area contributed by atoms with Crippen LogP contribution in [0.3, 0.4) is 0 Å². The number of methoxy groups -OCH3 is 1. The van der Waals surface area contributed by atoms with Gasteiger partial charge in [-0.15, -0.1) is 0 Å². The number of benzene rings is 1. The van der Waals surface area contributed by atoms with Gasteiger partial charge in [-0.3, -0.25) is 4.90 Å². The van der Waals surface area contributed by atoms with Crippen LogP contribution < -0.4 is 5.73 Å². The molecule has 1 aromatic rings. The summed E-state index contributed by atoms with van der Waals surface area (Å²) < 4.78 is 19.5. The predicted octanol–water partition coefficient (Wildman–Crippen LogP) is 2.92. The van der Waals surface area contributed by atoms with Gasteiger partial charge in [0.25, 0.3) is 0 Å². The summed E-state index contributed by atoms with van der Waals surface area (Å²) in [7, 11) is 1.70. The third-order valence-corrected chi connectivity index (χ3v) is 3.79. The van der Waals surface area contributed by atoms with Gasteiger partial charge < -0.3 is 10.5 Å². The molecule has 4 heteroatoms. The van der Waals surface area contributed by atoms with Crippen molar-refractivity contribution in [2.24, 2.45) is 5.73 Å². The lowest BCUT2D eigenvalue weighted by atomic mass is 10.1.